The molecule has 9 aromatic rings. The highest BCUT2D eigenvalue weighted by molar-refractivity contribution is 6.21. The van der Waals surface area contributed by atoms with Crippen LogP contribution in [0.2, 0.25) is 0 Å². The zero-order chi connectivity index (χ0) is 46.3. The molecule has 6 aromatic heterocycles. The average molecular weight is 898 g/mol. The quantitative estimate of drug-likeness (QED) is 0.132. The first-order valence-corrected chi connectivity index (χ1v) is 21.4. The number of nitrogens with one attached hydrogen (secondary N) is 2. The summed E-state index contributed by atoms with van der Waals surface area (Å²) < 4.78 is 37.9. The highest BCUT2D eigenvalue weighted by Crippen LogP contribution is 2.40. The summed E-state index contributed by atoms with van der Waals surface area (Å²) in [7, 11) is 3.32. The molecule has 2 aliphatic heterocycles. The van der Waals surface area contributed by atoms with E-state index in [2.05, 4.69) is 30.8 Å². The van der Waals surface area contributed by atoms with Crippen molar-refractivity contribution in [3.05, 3.63) is 154 Å². The highest BCUT2D eigenvalue weighted by atomic mass is 19.1. The first-order valence-electron chi connectivity index (χ1n) is 21.4. The second kappa shape index (κ2) is 15.5. The fourth-order valence-electron chi connectivity index (χ4n) is 8.64. The summed E-state index contributed by atoms with van der Waals surface area (Å²) in [5.74, 6) is 0.545. The number of para-hydroxylation sites is 1. The molecule has 0 aliphatic carbocycles. The molecule has 0 unspecified atom stereocenters. The van der Waals surface area contributed by atoms with Gasteiger partial charge in [0.15, 0.2) is 11.5 Å². The molecular weight excluding hydrogens is 857 g/mol. The van der Waals surface area contributed by atoms with Crippen molar-refractivity contribution in [2.45, 2.75) is 39.4 Å². The molecule has 1 amide bonds. The van der Waals surface area contributed by atoms with Crippen molar-refractivity contribution < 1.29 is 13.6 Å². The number of aryl methyl sites for hydroxylation is 2. The third kappa shape index (κ3) is 7.20. The minimum Gasteiger partial charge on any atom is -0.340 e. The number of benzene rings is 3. The number of hydrogen-bond donors (Lipinski definition) is 2. The van der Waals surface area contributed by atoms with Crippen LogP contribution in [-0.4, -0.2) is 84.6 Å². The number of amides is 1. The van der Waals surface area contributed by atoms with Gasteiger partial charge in [-0.25, -0.2) is 28.1 Å². The highest BCUT2D eigenvalue weighted by Gasteiger charge is 2.45. The van der Waals surface area contributed by atoms with Gasteiger partial charge in [-0.05, 0) is 79.9 Å². The number of carbonyl (C=O) groups excluding carboxylic acids is 1. The fourth-order valence-corrected chi connectivity index (χ4v) is 8.64. The van der Waals surface area contributed by atoms with Crippen molar-refractivity contribution in [3.63, 3.8) is 0 Å². The number of anilines is 5. The second-order valence-electron chi connectivity index (χ2n) is 17.3. The van der Waals surface area contributed by atoms with E-state index in [4.69, 9.17) is 15.2 Å². The molecule has 0 atom stereocenters. The Kier molecular flexibility index (Phi) is 9.53. The zero-order valence-corrected chi connectivity index (χ0v) is 36.9. The van der Waals surface area contributed by atoms with E-state index in [1.54, 1.807) is 64.4 Å². The van der Waals surface area contributed by atoms with Gasteiger partial charge in [0.25, 0.3) is 11.5 Å². The molecule has 17 nitrogen and oxygen atoms in total. The van der Waals surface area contributed by atoms with Crippen LogP contribution in [0.1, 0.15) is 41.0 Å². The van der Waals surface area contributed by atoms with Crippen LogP contribution in [0.25, 0.3) is 39.2 Å². The monoisotopic (exact) mass is 897 g/mol. The van der Waals surface area contributed by atoms with E-state index in [0.29, 0.717) is 63.6 Å². The summed E-state index contributed by atoms with van der Waals surface area (Å²) in [5.41, 5.74) is 5.00. The van der Waals surface area contributed by atoms with Crippen molar-refractivity contribution in [2.24, 2.45) is 12.0 Å². The molecular formula is C48H41F2N15O2. The normalized spacial score (nSPS) is 14.2. The van der Waals surface area contributed by atoms with Gasteiger partial charge >= 0.3 is 0 Å². The molecule has 19 heteroatoms. The predicted octanol–water partition coefficient (Wildman–Crippen LogP) is 7.31. The number of carbonyl (C=O) groups is 1. The second-order valence-corrected chi connectivity index (χ2v) is 17.3. The number of guanidine groups is 1. The minimum atomic E-state index is -0.797. The largest absolute Gasteiger partial charge is 0.340 e. The number of nitrogens with zero attached hydrogens (tertiary/aromatic N) is 13. The van der Waals surface area contributed by atoms with Gasteiger partial charge in [-0.1, -0.05) is 48.5 Å². The van der Waals surface area contributed by atoms with Gasteiger partial charge in [0.05, 0.1) is 30.9 Å². The Hall–Kier alpha value is -8.61. The number of hydrogen-bond acceptors (Lipinski definition) is 12. The Labute approximate surface area is 380 Å². The number of aromatic nitrogens is 10. The van der Waals surface area contributed by atoms with Crippen LogP contribution in [0.4, 0.5) is 37.6 Å². The number of aliphatic imine (C=N–C) groups is 1. The lowest BCUT2D eigenvalue weighted by molar-refractivity contribution is 0.0866. The standard InChI is InChI=1S/C48H41F2N15O2/c1-27-11-12-29(22-51-27)24-65-41(38-42(58-65)62-25-48(2,3)56-46(62)60(4)44(38)66)54-33-17-18-35(49)34(21-33)31-19-36(55-37(50)20-31)30-15-13-28(14-16-30)23-64-40(53-32-9-7-6-8-10-32)39-43(59-64)63-26-52-57-47(63)61(5)45(39)67/h6-22,26,53-54H,23-25H2,1-5H3. The molecule has 0 bridgehead atoms. The van der Waals surface area contributed by atoms with Gasteiger partial charge in [-0.2, -0.15) is 14.6 Å². The topological polar surface area (TPSA) is 174 Å². The van der Waals surface area contributed by atoms with E-state index < -0.39 is 17.3 Å². The molecule has 0 saturated heterocycles. The maximum atomic E-state index is 15.9. The lowest BCUT2D eigenvalue weighted by atomic mass is 10.0. The lowest BCUT2D eigenvalue weighted by Gasteiger charge is -2.30. The minimum absolute atomic E-state index is 0.114. The molecule has 8 heterocycles. The smallest absolute Gasteiger partial charge is 0.268 e. The molecule has 334 valence electrons. The predicted molar refractivity (Wildman–Crippen MR) is 250 cm³/mol. The number of halogens is 2. The van der Waals surface area contributed by atoms with Crippen molar-refractivity contribution >= 4 is 57.5 Å². The van der Waals surface area contributed by atoms with Crippen molar-refractivity contribution in [2.75, 3.05) is 29.1 Å². The molecule has 0 radical (unpaired) electrons. The summed E-state index contributed by atoms with van der Waals surface area (Å²) in [6.45, 7) is 6.97. The van der Waals surface area contributed by atoms with E-state index in [1.165, 1.54) is 27.9 Å². The molecule has 2 N–H and O–H groups in total. The third-order valence-electron chi connectivity index (χ3n) is 12.0. The summed E-state index contributed by atoms with van der Waals surface area (Å²) in [5, 5.41) is 25.0. The summed E-state index contributed by atoms with van der Waals surface area (Å²) in [4.78, 5) is 44.7. The number of rotatable bonds is 10. The van der Waals surface area contributed by atoms with Crippen molar-refractivity contribution in [3.8, 4) is 22.4 Å². The third-order valence-corrected chi connectivity index (χ3v) is 12.0. The van der Waals surface area contributed by atoms with Gasteiger partial charge in [0.1, 0.15) is 34.7 Å². The molecule has 2 aliphatic rings. The van der Waals surface area contributed by atoms with Crippen LogP contribution in [0.5, 0.6) is 0 Å². The van der Waals surface area contributed by atoms with Crippen molar-refractivity contribution in [1.82, 2.24) is 53.6 Å². The summed E-state index contributed by atoms with van der Waals surface area (Å²) >= 11 is 0. The molecule has 0 saturated carbocycles. The van der Waals surface area contributed by atoms with E-state index in [0.717, 1.165) is 22.5 Å². The molecule has 3 aromatic carbocycles. The van der Waals surface area contributed by atoms with Crippen LogP contribution >= 0.6 is 0 Å². The SMILES string of the molecule is Cc1ccc(Cn2nc3c(c2Nc2ccc(F)c(-c4cc(F)nc(-c5ccc(Cn6nc7c(c6Nc6ccccc6)c(=O)n(C)c6nncn76)cc5)c4)c2)C(=O)N(C)C2=NC(C)(C)CN23)cn1. The first kappa shape index (κ1) is 41.1. The van der Waals surface area contributed by atoms with Crippen molar-refractivity contribution in [1.29, 1.82) is 0 Å². The van der Waals surface area contributed by atoms with Gasteiger partial charge < -0.3 is 10.6 Å². The summed E-state index contributed by atoms with van der Waals surface area (Å²) in [6.07, 6.45) is 3.28. The fraction of sp³-hybridized carbons (Fsp3) is 0.188. The Morgan fingerprint density at radius 3 is 2.31 bits per heavy atom. The van der Waals surface area contributed by atoms with Gasteiger partial charge in [-0.3, -0.25) is 28.9 Å². The maximum Gasteiger partial charge on any atom is 0.268 e. The maximum absolute atomic E-state index is 15.9. The molecule has 67 heavy (non-hydrogen) atoms. The van der Waals surface area contributed by atoms with E-state index >= 15 is 8.78 Å². The first-order chi connectivity index (χ1) is 32.3. The van der Waals surface area contributed by atoms with Crippen LogP contribution in [0, 0.1) is 18.7 Å². The van der Waals surface area contributed by atoms with Crippen LogP contribution in [0.15, 0.2) is 119 Å². The summed E-state index contributed by atoms with van der Waals surface area (Å²) in [6, 6.07) is 27.9. The molecule has 0 fully saturated rings. The number of pyridine rings is 2. The van der Waals surface area contributed by atoms with E-state index in [1.807, 2.05) is 80.3 Å². The Balaban J connectivity index is 0.915. The zero-order valence-electron chi connectivity index (χ0n) is 36.9. The number of fused-ring (bicyclic) bond motifs is 6. The lowest BCUT2D eigenvalue weighted by Crippen LogP contribution is -2.48. The van der Waals surface area contributed by atoms with E-state index in [9.17, 15) is 9.59 Å². The Morgan fingerprint density at radius 2 is 1.54 bits per heavy atom. The van der Waals surface area contributed by atoms with Crippen LogP contribution in [-0.2, 0) is 20.1 Å². The van der Waals surface area contributed by atoms with Gasteiger partial charge in [-0.15, -0.1) is 10.2 Å². The average Bonchev–Trinajstić information content (AvgIpc) is 4.10. The van der Waals surface area contributed by atoms with Gasteiger partial charge in [0.2, 0.25) is 17.7 Å². The van der Waals surface area contributed by atoms with Crippen LogP contribution in [0.3, 0.4) is 0 Å². The van der Waals surface area contributed by atoms with Gasteiger partial charge in [0, 0.05) is 54.6 Å². The molecule has 11 rings (SSSR count). The van der Waals surface area contributed by atoms with Crippen LogP contribution < -0.4 is 21.1 Å². The Bertz CT molecular complexity index is 3540. The Morgan fingerprint density at radius 1 is 0.791 bits per heavy atom. The van der Waals surface area contributed by atoms with E-state index in [-0.39, 0.29) is 41.4 Å². The molecule has 0 spiro atoms.